The first-order valence-corrected chi connectivity index (χ1v) is 16.3. The zero-order chi connectivity index (χ0) is 36.0. The van der Waals surface area contributed by atoms with Gasteiger partial charge in [-0.05, 0) is 50.5 Å². The van der Waals surface area contributed by atoms with Gasteiger partial charge in [-0.25, -0.2) is 9.80 Å². The summed E-state index contributed by atoms with van der Waals surface area (Å²) in [5.41, 5.74) is 3.85. The molecule has 0 saturated heterocycles. The van der Waals surface area contributed by atoms with Gasteiger partial charge in [0, 0.05) is 31.7 Å². The molecule has 0 aromatic carbocycles. The van der Waals surface area contributed by atoms with Gasteiger partial charge in [0.25, 0.3) is 5.91 Å². The second-order valence-electron chi connectivity index (χ2n) is 13.4. The van der Waals surface area contributed by atoms with E-state index in [0.29, 0.717) is 18.0 Å². The molecule has 0 aliphatic rings. The number of amides is 5. The molecule has 0 bridgehead atoms. The number of hydrogen-bond acceptors (Lipinski definition) is 8. The number of hydrazine groups is 1. The van der Waals surface area contributed by atoms with Gasteiger partial charge < -0.3 is 30.9 Å². The maximum Gasteiger partial charge on any atom is 0.426 e. The molecule has 268 valence electrons. The van der Waals surface area contributed by atoms with Gasteiger partial charge in [0.1, 0.15) is 6.04 Å². The molecule has 1 rings (SSSR count). The topological polar surface area (TPSA) is 204 Å². The van der Waals surface area contributed by atoms with Gasteiger partial charge in [0.2, 0.25) is 17.7 Å². The number of hydrogen-bond donors (Lipinski definition) is 6. The van der Waals surface area contributed by atoms with Crippen molar-refractivity contribution in [2.75, 3.05) is 20.2 Å². The maximum atomic E-state index is 13.0. The second kappa shape index (κ2) is 19.8. The van der Waals surface area contributed by atoms with Gasteiger partial charge in [0.05, 0.1) is 30.9 Å². The van der Waals surface area contributed by atoms with Crippen molar-refractivity contribution >= 4 is 29.7 Å². The lowest BCUT2D eigenvalue weighted by molar-refractivity contribution is -0.137. The number of methoxy groups -OCH3 is 1. The summed E-state index contributed by atoms with van der Waals surface area (Å²) < 4.78 is 6.85. The molecular weight excluding hydrogens is 610 g/mol. The minimum absolute atomic E-state index is 0.0207. The Morgan fingerprint density at radius 1 is 0.936 bits per heavy atom. The monoisotopic (exact) mass is 667 g/mol. The van der Waals surface area contributed by atoms with E-state index in [2.05, 4.69) is 26.5 Å². The molecule has 6 N–H and O–H groups in total. The average Bonchev–Trinajstić information content (AvgIpc) is 3.29. The molecule has 15 nitrogen and oxygen atoms in total. The van der Waals surface area contributed by atoms with E-state index in [0.717, 1.165) is 11.4 Å². The third kappa shape index (κ3) is 14.7. The number of carbonyl (C=O) groups excluding carboxylic acids is 4. The second-order valence-corrected chi connectivity index (χ2v) is 13.4. The number of nitrogens with one attached hydrogen (secondary N) is 4. The van der Waals surface area contributed by atoms with Gasteiger partial charge in [-0.2, -0.15) is 5.10 Å². The Hall–Kier alpha value is -3.72. The van der Waals surface area contributed by atoms with Crippen LogP contribution >= 0.6 is 0 Å². The fourth-order valence-electron chi connectivity index (χ4n) is 4.88. The third-order valence-corrected chi connectivity index (χ3v) is 7.57. The van der Waals surface area contributed by atoms with Crippen molar-refractivity contribution in [2.45, 2.75) is 112 Å². The fraction of sp³-hybridized carbons (Fsp3) is 0.750. The molecule has 0 spiro atoms. The van der Waals surface area contributed by atoms with Gasteiger partial charge >= 0.3 is 6.09 Å². The van der Waals surface area contributed by atoms with E-state index in [1.807, 2.05) is 61.5 Å². The van der Waals surface area contributed by atoms with Crippen molar-refractivity contribution in [1.82, 2.24) is 36.2 Å². The predicted octanol–water partition coefficient (Wildman–Crippen LogP) is 1.75. The Balaban J connectivity index is 2.82. The summed E-state index contributed by atoms with van der Waals surface area (Å²) in [7, 11) is 1.33. The van der Waals surface area contributed by atoms with Crippen LogP contribution in [0.1, 0.15) is 79.1 Å². The Morgan fingerprint density at radius 2 is 1.57 bits per heavy atom. The Kier molecular flexibility index (Phi) is 17.4. The van der Waals surface area contributed by atoms with Crippen LogP contribution in [0.25, 0.3) is 0 Å². The molecule has 15 heteroatoms. The van der Waals surface area contributed by atoms with Gasteiger partial charge in [-0.15, -0.1) is 0 Å². The minimum atomic E-state index is -1.47. The largest absolute Gasteiger partial charge is 0.464 e. The normalized spacial score (nSPS) is 14.7. The summed E-state index contributed by atoms with van der Waals surface area (Å²) in [5.74, 6) is -2.42. The van der Waals surface area contributed by atoms with Crippen molar-refractivity contribution in [1.29, 1.82) is 0 Å². The highest BCUT2D eigenvalue weighted by atomic mass is 16.5. The van der Waals surface area contributed by atoms with Gasteiger partial charge in [-0.3, -0.25) is 29.3 Å². The Morgan fingerprint density at radius 3 is 2.06 bits per heavy atom. The van der Waals surface area contributed by atoms with E-state index >= 15 is 0 Å². The quantitative estimate of drug-likeness (QED) is 0.119. The molecule has 5 atom stereocenters. The highest BCUT2D eigenvalue weighted by Gasteiger charge is 2.31. The molecule has 2 unspecified atom stereocenters. The number of aliphatic hydroxyl groups excluding tert-OH is 1. The van der Waals surface area contributed by atoms with Crippen LogP contribution in [0.15, 0.2) is 6.07 Å². The minimum Gasteiger partial charge on any atom is -0.464 e. The fourth-order valence-corrected chi connectivity index (χ4v) is 4.88. The zero-order valence-electron chi connectivity index (χ0n) is 29.6. The Bertz CT molecular complexity index is 1190. The molecular formula is C32H57N7O8. The van der Waals surface area contributed by atoms with Crippen LogP contribution in [0, 0.1) is 37.5 Å². The smallest absolute Gasteiger partial charge is 0.426 e. The molecule has 0 aliphatic heterocycles. The number of aryl methyl sites for hydroxylation is 2. The first-order valence-electron chi connectivity index (χ1n) is 16.3. The number of ether oxygens (including phenoxy) is 1. The first-order chi connectivity index (χ1) is 21.9. The molecule has 0 radical (unpaired) electrons. The number of carbonyl (C=O) groups is 5. The summed E-state index contributed by atoms with van der Waals surface area (Å²) in [6.07, 6.45) is -3.49. The summed E-state index contributed by atoms with van der Waals surface area (Å²) in [6.45, 7) is 16.9. The van der Waals surface area contributed by atoms with Crippen molar-refractivity contribution in [3.05, 3.63) is 17.5 Å². The van der Waals surface area contributed by atoms with Crippen LogP contribution in [0.2, 0.25) is 0 Å². The van der Waals surface area contributed by atoms with Crippen molar-refractivity contribution in [2.24, 2.45) is 23.7 Å². The van der Waals surface area contributed by atoms with Crippen molar-refractivity contribution in [3.8, 4) is 0 Å². The number of aromatic nitrogens is 2. The molecule has 0 fully saturated rings. The summed E-state index contributed by atoms with van der Waals surface area (Å²) >= 11 is 0. The summed E-state index contributed by atoms with van der Waals surface area (Å²) in [5, 5.41) is 34.1. The van der Waals surface area contributed by atoms with E-state index in [9.17, 15) is 34.2 Å². The van der Waals surface area contributed by atoms with Crippen molar-refractivity contribution < 1.29 is 38.9 Å². The van der Waals surface area contributed by atoms with Crippen molar-refractivity contribution in [3.63, 3.8) is 0 Å². The average molecular weight is 668 g/mol. The first kappa shape index (κ1) is 41.3. The third-order valence-electron chi connectivity index (χ3n) is 7.57. The van der Waals surface area contributed by atoms with Crippen LogP contribution in [0.3, 0.4) is 0 Å². The molecule has 0 aliphatic carbocycles. The van der Waals surface area contributed by atoms with Crippen LogP contribution in [0.5, 0.6) is 0 Å². The molecule has 5 amide bonds. The van der Waals surface area contributed by atoms with E-state index < -0.39 is 54.0 Å². The van der Waals surface area contributed by atoms with E-state index in [-0.39, 0.29) is 49.6 Å². The lowest BCUT2D eigenvalue weighted by Crippen LogP contribution is -2.53. The van der Waals surface area contributed by atoms with Crippen LogP contribution in [0.4, 0.5) is 4.79 Å². The van der Waals surface area contributed by atoms with E-state index in [4.69, 9.17) is 4.74 Å². The highest BCUT2D eigenvalue weighted by Crippen LogP contribution is 2.17. The number of nitrogens with zero attached hydrogens (tertiary/aromatic N) is 3. The Labute approximate surface area is 278 Å². The maximum absolute atomic E-state index is 13.0. The molecule has 1 aromatic rings. The number of carboxylic acid groups (broad SMARTS) is 1. The van der Waals surface area contributed by atoms with Gasteiger partial charge in [-0.1, -0.05) is 48.5 Å². The molecule has 47 heavy (non-hydrogen) atoms. The zero-order valence-corrected chi connectivity index (χ0v) is 29.6. The lowest BCUT2D eigenvalue weighted by Gasteiger charge is -2.29. The summed E-state index contributed by atoms with van der Waals surface area (Å²) in [6, 6.07) is 0.381. The number of rotatable bonds is 19. The number of aliphatic hydroxyl groups is 1. The predicted molar refractivity (Wildman–Crippen MR) is 176 cm³/mol. The van der Waals surface area contributed by atoms with Gasteiger partial charge in [0.15, 0.2) is 6.10 Å². The SMILES string of the molecule is COC(Cn1nc(C)cc1C)C(=O)NN(CCC(=O)N[C@@H](CC(C)C)[C@@H](O)C[C@@H](C)C(=O)NC(C(=O)NCC(C)C)C(C)C)C(=O)O. The van der Waals surface area contributed by atoms with E-state index in [1.54, 1.807) is 11.6 Å². The lowest BCUT2D eigenvalue weighted by atomic mass is 9.92. The standard InChI is InChI=1S/C32H57N7O8/c1-18(2)13-24(25(40)14-21(7)29(42)35-28(20(5)6)31(44)33-16-19(3)4)34-27(41)11-12-38(32(45)46)37-30(43)26(47-10)17-39-23(9)15-22(8)36-39/h15,18-21,24-26,28,40H,11-14,16-17H2,1-10H3,(H,33,44)(H,34,41)(H,35,42)(H,37,43)(H,45,46)/t21-,24+,25+,26?,28?/m1/s1. The molecule has 1 heterocycles. The summed E-state index contributed by atoms with van der Waals surface area (Å²) in [4.78, 5) is 63.3. The molecule has 1 aromatic heterocycles. The highest BCUT2D eigenvalue weighted by molar-refractivity contribution is 5.88. The van der Waals surface area contributed by atoms with E-state index in [1.165, 1.54) is 7.11 Å². The van der Waals surface area contributed by atoms with Crippen LogP contribution < -0.4 is 21.4 Å². The molecule has 0 saturated carbocycles. The van der Waals surface area contributed by atoms with Crippen LogP contribution in [-0.4, -0.2) is 99.2 Å². The van der Waals surface area contributed by atoms with Crippen LogP contribution in [-0.2, 0) is 30.5 Å².